The molecule has 0 aromatic heterocycles. The van der Waals surface area contributed by atoms with Crippen LogP contribution in [0.1, 0.15) is 84.5 Å². The minimum Gasteiger partial charge on any atom is -0.0710 e. The lowest BCUT2D eigenvalue weighted by atomic mass is 9.70. The number of unbranched alkanes of at least 4 members (excludes halogenated alkanes) is 4. The molecule has 0 nitrogen and oxygen atoms in total. The van der Waals surface area contributed by atoms with Crippen molar-refractivity contribution in [3.63, 3.8) is 0 Å². The van der Waals surface area contributed by atoms with Crippen molar-refractivity contribution in [2.75, 3.05) is 0 Å². The maximum Gasteiger partial charge on any atom is 0.00727 e. The topological polar surface area (TPSA) is 0 Å². The monoisotopic (exact) mass is 246 g/mol. The fraction of sp³-hybridized carbons (Fsp3) is 0.778. The van der Waals surface area contributed by atoms with E-state index in [0.29, 0.717) is 5.41 Å². The van der Waals surface area contributed by atoms with Gasteiger partial charge in [-0.15, -0.1) is 0 Å². The van der Waals surface area contributed by atoms with Crippen LogP contribution in [0.25, 0.3) is 0 Å². The molecular weight excluding hydrogens is 216 g/mol. The Bertz CT molecular complexity index is 287. The molecule has 1 saturated carbocycles. The summed E-state index contributed by atoms with van der Waals surface area (Å²) in [6, 6.07) is 0. The summed E-state index contributed by atoms with van der Waals surface area (Å²) in [5, 5.41) is 0. The quantitative estimate of drug-likeness (QED) is 0.448. The minimum absolute atomic E-state index is 0.531. The lowest BCUT2D eigenvalue weighted by Gasteiger charge is -2.34. The van der Waals surface area contributed by atoms with E-state index in [1.165, 1.54) is 70.6 Å². The summed E-state index contributed by atoms with van der Waals surface area (Å²) >= 11 is 0. The predicted molar refractivity (Wildman–Crippen MR) is 80.7 cm³/mol. The van der Waals surface area contributed by atoms with Crippen molar-refractivity contribution < 1.29 is 0 Å². The molecule has 0 heteroatoms. The molecule has 0 aliphatic heterocycles. The van der Waals surface area contributed by atoms with Gasteiger partial charge in [-0.05, 0) is 49.7 Å². The van der Waals surface area contributed by atoms with Crippen molar-refractivity contribution >= 4 is 0 Å². The van der Waals surface area contributed by atoms with Gasteiger partial charge in [-0.25, -0.2) is 0 Å². The second-order valence-electron chi connectivity index (χ2n) is 6.34. The molecule has 0 heterocycles. The summed E-state index contributed by atoms with van der Waals surface area (Å²) in [5.41, 5.74) is 3.97. The van der Waals surface area contributed by atoms with Crippen molar-refractivity contribution in [1.29, 1.82) is 0 Å². The zero-order chi connectivity index (χ0) is 12.8. The molecule has 0 aromatic rings. The highest BCUT2D eigenvalue weighted by molar-refractivity contribution is 5.43. The fourth-order valence-corrected chi connectivity index (χ4v) is 3.39. The van der Waals surface area contributed by atoms with Crippen LogP contribution in [0.3, 0.4) is 0 Å². The van der Waals surface area contributed by atoms with Gasteiger partial charge in [0.05, 0.1) is 0 Å². The summed E-state index contributed by atoms with van der Waals surface area (Å²) in [6.45, 7) is 4.60. The lowest BCUT2D eigenvalue weighted by Crippen LogP contribution is -2.22. The molecule has 2 aliphatic rings. The van der Waals surface area contributed by atoms with E-state index in [9.17, 15) is 0 Å². The Morgan fingerprint density at radius 1 is 0.833 bits per heavy atom. The van der Waals surface area contributed by atoms with Crippen LogP contribution in [0, 0.1) is 5.41 Å². The van der Waals surface area contributed by atoms with Gasteiger partial charge in [-0.3, -0.25) is 0 Å². The average molecular weight is 246 g/mol. The van der Waals surface area contributed by atoms with E-state index in [-0.39, 0.29) is 0 Å². The zero-order valence-electron chi connectivity index (χ0n) is 12.4. The molecular formula is C18H30. The standard InChI is InChI=1S/C18H30/c1-3-5-7-10-16-14-18(12-9-13-18)15-17(16)11-8-6-4-2/h14-15H,3-13H2,1-2H3. The van der Waals surface area contributed by atoms with Gasteiger partial charge in [0.2, 0.25) is 0 Å². The maximum atomic E-state index is 2.65. The number of hydrogen-bond acceptors (Lipinski definition) is 0. The maximum absolute atomic E-state index is 2.65. The zero-order valence-corrected chi connectivity index (χ0v) is 12.4. The molecule has 2 rings (SSSR count). The summed E-state index contributed by atoms with van der Waals surface area (Å²) in [5.74, 6) is 0. The Morgan fingerprint density at radius 2 is 1.33 bits per heavy atom. The van der Waals surface area contributed by atoms with E-state index < -0.39 is 0 Å². The van der Waals surface area contributed by atoms with Crippen LogP contribution in [-0.2, 0) is 0 Å². The fourth-order valence-electron chi connectivity index (χ4n) is 3.39. The van der Waals surface area contributed by atoms with Crippen molar-refractivity contribution in [3.8, 4) is 0 Å². The third-order valence-electron chi connectivity index (χ3n) is 4.72. The molecule has 2 aliphatic carbocycles. The molecule has 1 fully saturated rings. The first-order valence-electron chi connectivity index (χ1n) is 8.23. The number of hydrogen-bond donors (Lipinski definition) is 0. The molecule has 18 heavy (non-hydrogen) atoms. The Morgan fingerprint density at radius 3 is 1.67 bits per heavy atom. The van der Waals surface area contributed by atoms with E-state index in [1.807, 2.05) is 0 Å². The second-order valence-corrected chi connectivity index (χ2v) is 6.34. The van der Waals surface area contributed by atoms with Gasteiger partial charge < -0.3 is 0 Å². The summed E-state index contributed by atoms with van der Waals surface area (Å²) < 4.78 is 0. The van der Waals surface area contributed by atoms with Crippen LogP contribution < -0.4 is 0 Å². The Kier molecular flexibility index (Phi) is 5.09. The number of allylic oxidation sites excluding steroid dienone is 4. The molecule has 0 radical (unpaired) electrons. The van der Waals surface area contributed by atoms with Gasteiger partial charge in [0, 0.05) is 5.41 Å². The van der Waals surface area contributed by atoms with E-state index >= 15 is 0 Å². The van der Waals surface area contributed by atoms with Gasteiger partial charge >= 0.3 is 0 Å². The molecule has 0 amide bonds. The molecule has 0 N–H and O–H groups in total. The second kappa shape index (κ2) is 6.59. The van der Waals surface area contributed by atoms with Crippen LogP contribution in [0.2, 0.25) is 0 Å². The van der Waals surface area contributed by atoms with E-state index in [1.54, 1.807) is 11.1 Å². The summed E-state index contributed by atoms with van der Waals surface area (Å²) in [6.07, 6.45) is 20.5. The molecule has 0 atom stereocenters. The Hall–Kier alpha value is -0.520. The Labute approximate surface area is 114 Å². The molecule has 0 unspecified atom stereocenters. The first-order chi connectivity index (χ1) is 8.79. The van der Waals surface area contributed by atoms with Crippen molar-refractivity contribution in [2.24, 2.45) is 5.41 Å². The summed E-state index contributed by atoms with van der Waals surface area (Å²) in [4.78, 5) is 0. The normalized spacial score (nSPS) is 20.8. The van der Waals surface area contributed by atoms with Gasteiger partial charge in [0.25, 0.3) is 0 Å². The molecule has 0 bridgehead atoms. The van der Waals surface area contributed by atoms with Crippen LogP contribution in [0.15, 0.2) is 23.3 Å². The first-order valence-corrected chi connectivity index (χ1v) is 8.23. The van der Waals surface area contributed by atoms with Crippen LogP contribution in [0.5, 0.6) is 0 Å². The highest BCUT2D eigenvalue weighted by Crippen LogP contribution is 2.51. The Balaban J connectivity index is 1.91. The third-order valence-corrected chi connectivity index (χ3v) is 4.72. The summed E-state index contributed by atoms with van der Waals surface area (Å²) in [7, 11) is 0. The van der Waals surface area contributed by atoms with E-state index in [0.717, 1.165) is 0 Å². The van der Waals surface area contributed by atoms with Crippen LogP contribution >= 0.6 is 0 Å². The van der Waals surface area contributed by atoms with E-state index in [2.05, 4.69) is 26.0 Å². The van der Waals surface area contributed by atoms with Gasteiger partial charge in [0.15, 0.2) is 0 Å². The van der Waals surface area contributed by atoms with Gasteiger partial charge in [-0.2, -0.15) is 0 Å². The smallest absolute Gasteiger partial charge is 0.00727 e. The first kappa shape index (κ1) is 13.9. The van der Waals surface area contributed by atoms with Crippen molar-refractivity contribution in [2.45, 2.75) is 84.5 Å². The van der Waals surface area contributed by atoms with Crippen molar-refractivity contribution in [3.05, 3.63) is 23.3 Å². The average Bonchev–Trinajstić information content (AvgIpc) is 2.70. The highest BCUT2D eigenvalue weighted by Gasteiger charge is 2.37. The lowest BCUT2D eigenvalue weighted by molar-refractivity contribution is 0.280. The van der Waals surface area contributed by atoms with Gasteiger partial charge in [-0.1, -0.05) is 58.1 Å². The third kappa shape index (κ3) is 3.28. The molecule has 0 aromatic carbocycles. The highest BCUT2D eigenvalue weighted by atomic mass is 14.4. The molecule has 102 valence electrons. The van der Waals surface area contributed by atoms with Crippen LogP contribution in [-0.4, -0.2) is 0 Å². The largest absolute Gasteiger partial charge is 0.0710 e. The van der Waals surface area contributed by atoms with Crippen LogP contribution in [0.4, 0.5) is 0 Å². The minimum atomic E-state index is 0.531. The van der Waals surface area contributed by atoms with E-state index in [4.69, 9.17) is 0 Å². The molecule has 0 saturated heterocycles. The predicted octanol–water partition coefficient (Wildman–Crippen LogP) is 6.18. The van der Waals surface area contributed by atoms with Gasteiger partial charge in [0.1, 0.15) is 0 Å². The molecule has 1 spiro atoms. The SMILES string of the molecule is CCCCCC1=CC2(C=C1CCCCC)CCC2. The van der Waals surface area contributed by atoms with Crippen molar-refractivity contribution in [1.82, 2.24) is 0 Å². The number of rotatable bonds is 8.